The standard InChI is InChI=1S/C15H20N4O3S.ClH/c1-19(10-14(20)17-11-5-4-8-16-9-11)15-12-6-2-3-7-13(12)23(21,22)18-15;/h2-3,6-7,11,16H,4-5,8-10H2,1H3,(H,17,20);1H/t11-;/m0./s1. The highest BCUT2D eigenvalue weighted by atomic mass is 35.5. The number of nitrogens with one attached hydrogen (secondary N) is 2. The van der Waals surface area contributed by atoms with Crippen molar-refractivity contribution in [2.75, 3.05) is 26.7 Å². The summed E-state index contributed by atoms with van der Waals surface area (Å²) in [4.78, 5) is 13.9. The molecule has 0 spiro atoms. The second-order valence-corrected chi connectivity index (χ2v) is 7.43. The Bertz CT molecular complexity index is 745. The number of piperidine rings is 1. The highest BCUT2D eigenvalue weighted by Gasteiger charge is 2.31. The predicted molar refractivity (Wildman–Crippen MR) is 94.1 cm³/mol. The Hall–Kier alpha value is -1.64. The molecule has 2 aliphatic heterocycles. The molecule has 24 heavy (non-hydrogen) atoms. The number of carbonyl (C=O) groups is 1. The molecule has 0 unspecified atom stereocenters. The highest BCUT2D eigenvalue weighted by molar-refractivity contribution is 7.90. The first-order valence-electron chi connectivity index (χ1n) is 7.63. The molecule has 2 heterocycles. The van der Waals surface area contributed by atoms with Crippen LogP contribution in [0.5, 0.6) is 0 Å². The van der Waals surface area contributed by atoms with Crippen LogP contribution in [0.25, 0.3) is 0 Å². The molecule has 3 rings (SSSR count). The van der Waals surface area contributed by atoms with Crippen molar-refractivity contribution in [1.82, 2.24) is 15.5 Å². The number of hydrogen-bond acceptors (Lipinski definition) is 5. The number of amides is 1. The van der Waals surface area contributed by atoms with Crippen molar-refractivity contribution in [2.24, 2.45) is 4.40 Å². The van der Waals surface area contributed by atoms with Crippen LogP contribution in [-0.4, -0.2) is 57.8 Å². The van der Waals surface area contributed by atoms with Crippen LogP contribution in [0.15, 0.2) is 33.6 Å². The molecule has 0 radical (unpaired) electrons. The summed E-state index contributed by atoms with van der Waals surface area (Å²) in [7, 11) is -1.98. The van der Waals surface area contributed by atoms with Crippen molar-refractivity contribution in [2.45, 2.75) is 23.8 Å². The molecule has 1 fully saturated rings. The Kier molecular flexibility index (Phi) is 5.84. The molecular formula is C15H21ClN4O3S. The van der Waals surface area contributed by atoms with Gasteiger partial charge in [0.15, 0.2) is 5.84 Å². The summed E-state index contributed by atoms with van der Waals surface area (Å²) in [6.45, 7) is 1.82. The van der Waals surface area contributed by atoms with Crippen molar-refractivity contribution in [3.63, 3.8) is 0 Å². The number of fused-ring (bicyclic) bond motifs is 1. The number of likely N-dealkylation sites (N-methyl/N-ethyl adjacent to an activating group) is 1. The molecule has 0 saturated carbocycles. The second kappa shape index (κ2) is 7.50. The van der Waals surface area contributed by atoms with Crippen LogP contribution in [0.3, 0.4) is 0 Å². The van der Waals surface area contributed by atoms with E-state index in [9.17, 15) is 13.2 Å². The third-order valence-electron chi connectivity index (χ3n) is 4.02. The predicted octanol–water partition coefficient (Wildman–Crippen LogP) is 0.357. The number of carbonyl (C=O) groups excluding carboxylic acids is 1. The van der Waals surface area contributed by atoms with Gasteiger partial charge in [-0.15, -0.1) is 16.8 Å². The van der Waals surface area contributed by atoms with Crippen LogP contribution in [0.4, 0.5) is 0 Å². The van der Waals surface area contributed by atoms with E-state index in [4.69, 9.17) is 0 Å². The van der Waals surface area contributed by atoms with Gasteiger partial charge in [-0.3, -0.25) is 4.79 Å². The fourth-order valence-corrected chi connectivity index (χ4v) is 4.15. The lowest BCUT2D eigenvalue weighted by molar-refractivity contribution is -0.122. The Labute approximate surface area is 148 Å². The number of sulfonamides is 1. The summed E-state index contributed by atoms with van der Waals surface area (Å²) in [5.41, 5.74) is 0.544. The van der Waals surface area contributed by atoms with E-state index in [1.165, 1.54) is 6.07 Å². The molecule has 1 aromatic rings. The molecule has 1 saturated heterocycles. The summed E-state index contributed by atoms with van der Waals surface area (Å²) < 4.78 is 27.9. The first-order chi connectivity index (χ1) is 11.0. The van der Waals surface area contributed by atoms with Crippen LogP contribution < -0.4 is 10.6 Å². The molecule has 1 atom stereocenters. The smallest absolute Gasteiger partial charge is 0.285 e. The minimum absolute atomic E-state index is 0. The third-order valence-corrected chi connectivity index (χ3v) is 5.34. The van der Waals surface area contributed by atoms with Gasteiger partial charge in [0.2, 0.25) is 5.91 Å². The number of benzene rings is 1. The molecular weight excluding hydrogens is 352 g/mol. The maximum Gasteiger partial charge on any atom is 0.285 e. The van der Waals surface area contributed by atoms with Gasteiger partial charge in [0, 0.05) is 25.2 Å². The van der Waals surface area contributed by atoms with Crippen molar-refractivity contribution in [1.29, 1.82) is 0 Å². The van der Waals surface area contributed by atoms with E-state index in [2.05, 4.69) is 15.0 Å². The Morgan fingerprint density at radius 2 is 2.17 bits per heavy atom. The molecule has 9 heteroatoms. The summed E-state index contributed by atoms with van der Waals surface area (Å²) in [6, 6.07) is 6.79. The molecule has 132 valence electrons. The normalized spacial score (nSPS) is 21.2. The minimum atomic E-state index is -3.66. The van der Waals surface area contributed by atoms with Gasteiger partial charge in [0.1, 0.15) is 4.90 Å². The zero-order chi connectivity index (χ0) is 16.4. The lowest BCUT2D eigenvalue weighted by Gasteiger charge is -2.25. The van der Waals surface area contributed by atoms with E-state index in [0.29, 0.717) is 11.4 Å². The van der Waals surface area contributed by atoms with Gasteiger partial charge in [-0.1, -0.05) is 12.1 Å². The van der Waals surface area contributed by atoms with E-state index in [1.54, 1.807) is 30.1 Å². The highest BCUT2D eigenvalue weighted by Crippen LogP contribution is 2.26. The zero-order valence-corrected chi connectivity index (χ0v) is 15.0. The van der Waals surface area contributed by atoms with Crippen LogP contribution in [-0.2, 0) is 14.8 Å². The number of nitrogens with zero attached hydrogens (tertiary/aromatic N) is 2. The van der Waals surface area contributed by atoms with Crippen LogP contribution in [0.2, 0.25) is 0 Å². The first-order valence-corrected chi connectivity index (χ1v) is 9.07. The second-order valence-electron chi connectivity index (χ2n) is 5.85. The molecule has 1 amide bonds. The molecule has 0 aromatic heterocycles. The molecule has 2 N–H and O–H groups in total. The van der Waals surface area contributed by atoms with Gasteiger partial charge in [-0.05, 0) is 31.5 Å². The van der Waals surface area contributed by atoms with Gasteiger partial charge in [0.05, 0.1) is 6.54 Å². The molecule has 0 bridgehead atoms. The lowest BCUT2D eigenvalue weighted by atomic mass is 10.1. The Morgan fingerprint density at radius 3 is 2.88 bits per heavy atom. The molecule has 0 aliphatic carbocycles. The quantitative estimate of drug-likeness (QED) is 0.799. The fourth-order valence-electron chi connectivity index (χ4n) is 2.90. The van der Waals surface area contributed by atoms with Gasteiger partial charge >= 0.3 is 0 Å². The first kappa shape index (κ1) is 18.7. The summed E-state index contributed by atoms with van der Waals surface area (Å²) in [6.07, 6.45) is 2.00. The van der Waals surface area contributed by atoms with Crippen LogP contribution in [0.1, 0.15) is 18.4 Å². The maximum absolute atomic E-state index is 12.2. The topological polar surface area (TPSA) is 90.9 Å². The zero-order valence-electron chi connectivity index (χ0n) is 13.4. The van der Waals surface area contributed by atoms with E-state index in [1.807, 2.05) is 0 Å². The largest absolute Gasteiger partial charge is 0.351 e. The Balaban J connectivity index is 0.00000208. The monoisotopic (exact) mass is 372 g/mol. The van der Waals surface area contributed by atoms with E-state index in [-0.39, 0.29) is 35.8 Å². The van der Waals surface area contributed by atoms with Crippen LogP contribution >= 0.6 is 12.4 Å². The third kappa shape index (κ3) is 3.88. The molecule has 2 aliphatic rings. The summed E-state index contributed by atoms with van der Waals surface area (Å²) >= 11 is 0. The SMILES string of the molecule is CN(CC(=O)N[C@H]1CCCNC1)C1=NS(=O)(=O)c2ccccc21.Cl. The van der Waals surface area contributed by atoms with Gasteiger partial charge in [-0.25, -0.2) is 0 Å². The minimum Gasteiger partial charge on any atom is -0.351 e. The fraction of sp³-hybridized carbons (Fsp3) is 0.467. The van der Waals surface area contributed by atoms with Gasteiger partial charge in [-0.2, -0.15) is 8.42 Å². The number of rotatable bonds is 3. The van der Waals surface area contributed by atoms with Gasteiger partial charge in [0.25, 0.3) is 10.0 Å². The van der Waals surface area contributed by atoms with Crippen molar-refractivity contribution < 1.29 is 13.2 Å². The number of halogens is 1. The molecule has 7 nitrogen and oxygen atoms in total. The molecule has 1 aromatic carbocycles. The average Bonchev–Trinajstić information content (AvgIpc) is 2.80. The van der Waals surface area contributed by atoms with Crippen molar-refractivity contribution in [3.05, 3.63) is 29.8 Å². The lowest BCUT2D eigenvalue weighted by Crippen LogP contribution is -2.48. The van der Waals surface area contributed by atoms with E-state index < -0.39 is 10.0 Å². The number of hydrogen-bond donors (Lipinski definition) is 2. The van der Waals surface area contributed by atoms with Crippen molar-refractivity contribution >= 4 is 34.2 Å². The van der Waals surface area contributed by atoms with Crippen LogP contribution in [0, 0.1) is 0 Å². The van der Waals surface area contributed by atoms with E-state index in [0.717, 1.165) is 25.9 Å². The maximum atomic E-state index is 12.2. The Morgan fingerprint density at radius 1 is 1.42 bits per heavy atom. The van der Waals surface area contributed by atoms with E-state index >= 15 is 0 Å². The summed E-state index contributed by atoms with van der Waals surface area (Å²) in [5, 5.41) is 6.21. The average molecular weight is 373 g/mol. The van der Waals surface area contributed by atoms with Crippen molar-refractivity contribution in [3.8, 4) is 0 Å². The summed E-state index contributed by atoms with van der Waals surface area (Å²) in [5.74, 6) is 0.184. The number of amidine groups is 1. The van der Waals surface area contributed by atoms with Gasteiger partial charge < -0.3 is 15.5 Å².